The molecule has 1 aliphatic rings. The van der Waals surface area contributed by atoms with E-state index in [2.05, 4.69) is 5.32 Å². The van der Waals surface area contributed by atoms with Gasteiger partial charge in [-0.2, -0.15) is 0 Å². The van der Waals surface area contributed by atoms with E-state index in [-0.39, 0.29) is 27.8 Å². The molecule has 38 heavy (non-hydrogen) atoms. The number of rotatable bonds is 11. The summed E-state index contributed by atoms with van der Waals surface area (Å²) in [7, 11) is 0. The highest BCUT2D eigenvalue weighted by Gasteiger charge is 2.36. The molecule has 1 fully saturated rings. The Balaban J connectivity index is 1.73. The van der Waals surface area contributed by atoms with Gasteiger partial charge in [0.05, 0.1) is 40.3 Å². The van der Waals surface area contributed by atoms with E-state index in [4.69, 9.17) is 37.4 Å². The van der Waals surface area contributed by atoms with Gasteiger partial charge in [0.15, 0.2) is 11.5 Å². The smallest absolute Gasteiger partial charge is 0.339 e. The maximum Gasteiger partial charge on any atom is 0.339 e. The number of esters is 1. The molecule has 202 valence electrons. The molecule has 1 saturated heterocycles. The van der Waals surface area contributed by atoms with Gasteiger partial charge in [0.1, 0.15) is 6.54 Å². The predicted octanol–water partition coefficient (Wildman–Crippen LogP) is 6.03. The van der Waals surface area contributed by atoms with Crippen molar-refractivity contribution in [2.75, 3.05) is 31.7 Å². The van der Waals surface area contributed by atoms with Crippen LogP contribution in [0.1, 0.15) is 43.1 Å². The van der Waals surface area contributed by atoms with Crippen LogP contribution >= 0.6 is 35.0 Å². The quantitative estimate of drug-likeness (QED) is 0.253. The lowest BCUT2D eigenvalue weighted by Crippen LogP contribution is -2.36. The van der Waals surface area contributed by atoms with E-state index in [1.165, 1.54) is 24.3 Å². The Morgan fingerprint density at radius 2 is 1.76 bits per heavy atom. The maximum atomic E-state index is 12.9. The van der Waals surface area contributed by atoms with Gasteiger partial charge < -0.3 is 19.5 Å². The van der Waals surface area contributed by atoms with Crippen LogP contribution in [-0.2, 0) is 14.3 Å². The summed E-state index contributed by atoms with van der Waals surface area (Å²) in [5.41, 5.74) is 0.880. The molecule has 1 aliphatic heterocycles. The molecule has 12 heteroatoms. The standard InChI is InChI=1S/C26H26Cl2N2O7S/c1-4-9-37-25(33)17-13-16(7-8-18(17)27)29-22(31)14-30-24(32)21(38-26(30)34)12-15-10-19(28)23(36-6-3)20(11-15)35-5-2/h7-8,10-13H,4-6,9,14H2,1-3H3,(H,29,31)/b21-12+. The number of hydrogen-bond acceptors (Lipinski definition) is 8. The van der Waals surface area contributed by atoms with Gasteiger partial charge in [0.2, 0.25) is 5.91 Å². The number of carbonyl (C=O) groups is 4. The molecule has 0 aliphatic carbocycles. The Morgan fingerprint density at radius 1 is 1.03 bits per heavy atom. The lowest BCUT2D eigenvalue weighted by atomic mass is 10.1. The summed E-state index contributed by atoms with van der Waals surface area (Å²) in [5.74, 6) is -1.08. The number of hydrogen-bond donors (Lipinski definition) is 1. The van der Waals surface area contributed by atoms with Gasteiger partial charge in [-0.25, -0.2) is 4.79 Å². The number of ether oxygens (including phenoxy) is 3. The third kappa shape index (κ3) is 7.21. The van der Waals surface area contributed by atoms with Crippen molar-refractivity contribution in [1.29, 1.82) is 0 Å². The lowest BCUT2D eigenvalue weighted by Gasteiger charge is -2.14. The average Bonchev–Trinajstić information content (AvgIpc) is 3.13. The molecule has 3 rings (SSSR count). The van der Waals surface area contributed by atoms with E-state index < -0.39 is 29.6 Å². The molecule has 0 bridgehead atoms. The summed E-state index contributed by atoms with van der Waals surface area (Å²) in [6.45, 7) is 5.97. The number of anilines is 1. The molecule has 0 atom stereocenters. The first-order valence-electron chi connectivity index (χ1n) is 11.8. The van der Waals surface area contributed by atoms with Crippen molar-refractivity contribution in [3.05, 3.63) is 56.4 Å². The second-order valence-corrected chi connectivity index (χ2v) is 9.65. The second kappa shape index (κ2) is 13.5. The number of halogens is 2. The summed E-state index contributed by atoms with van der Waals surface area (Å²) >= 11 is 13.1. The van der Waals surface area contributed by atoms with Gasteiger partial charge in [0, 0.05) is 5.69 Å². The molecule has 3 amide bonds. The summed E-state index contributed by atoms with van der Waals surface area (Å²) in [4.78, 5) is 51.3. The van der Waals surface area contributed by atoms with Crippen molar-refractivity contribution in [2.24, 2.45) is 0 Å². The van der Waals surface area contributed by atoms with Crippen LogP contribution in [-0.4, -0.2) is 54.3 Å². The first-order valence-corrected chi connectivity index (χ1v) is 13.4. The molecule has 0 unspecified atom stereocenters. The second-order valence-electron chi connectivity index (χ2n) is 7.84. The normalized spacial score (nSPS) is 14.1. The molecule has 0 aromatic heterocycles. The van der Waals surface area contributed by atoms with Crippen LogP contribution in [0.15, 0.2) is 35.2 Å². The molecule has 1 N–H and O–H groups in total. The molecule has 1 heterocycles. The highest BCUT2D eigenvalue weighted by atomic mass is 35.5. The van der Waals surface area contributed by atoms with Gasteiger partial charge in [-0.05, 0) is 74.0 Å². The van der Waals surface area contributed by atoms with E-state index in [1.54, 1.807) is 12.1 Å². The Kier molecular flexibility index (Phi) is 10.5. The van der Waals surface area contributed by atoms with E-state index >= 15 is 0 Å². The predicted molar refractivity (Wildman–Crippen MR) is 147 cm³/mol. The third-order valence-electron chi connectivity index (χ3n) is 5.00. The highest BCUT2D eigenvalue weighted by Crippen LogP contribution is 2.39. The number of carbonyl (C=O) groups excluding carboxylic acids is 4. The zero-order chi connectivity index (χ0) is 27.8. The van der Waals surface area contributed by atoms with E-state index in [0.717, 1.165) is 4.90 Å². The van der Waals surface area contributed by atoms with Gasteiger partial charge in [-0.15, -0.1) is 0 Å². The summed E-state index contributed by atoms with van der Waals surface area (Å²) in [6, 6.07) is 7.57. The van der Waals surface area contributed by atoms with Crippen LogP contribution in [0.2, 0.25) is 10.0 Å². The van der Waals surface area contributed by atoms with Crippen molar-refractivity contribution < 1.29 is 33.4 Å². The number of thioether (sulfide) groups is 1. The zero-order valence-electron chi connectivity index (χ0n) is 21.0. The minimum atomic E-state index is -0.633. The molecule has 2 aromatic rings. The molecular formula is C26H26Cl2N2O7S. The number of imide groups is 1. The van der Waals surface area contributed by atoms with E-state index in [1.807, 2.05) is 20.8 Å². The zero-order valence-corrected chi connectivity index (χ0v) is 23.3. The van der Waals surface area contributed by atoms with Crippen LogP contribution in [0.4, 0.5) is 10.5 Å². The Hall–Kier alpha value is -3.21. The van der Waals surface area contributed by atoms with E-state index in [0.29, 0.717) is 53.5 Å². The fourth-order valence-corrected chi connectivity index (χ4v) is 4.69. The van der Waals surface area contributed by atoms with E-state index in [9.17, 15) is 19.2 Å². The number of benzene rings is 2. The van der Waals surface area contributed by atoms with Crippen molar-refractivity contribution in [2.45, 2.75) is 27.2 Å². The van der Waals surface area contributed by atoms with Crippen LogP contribution < -0.4 is 14.8 Å². The molecule has 0 saturated carbocycles. The molecule has 9 nitrogen and oxygen atoms in total. The minimum absolute atomic E-state index is 0.0902. The van der Waals surface area contributed by atoms with Crippen LogP contribution in [0, 0.1) is 0 Å². The average molecular weight is 581 g/mol. The third-order valence-corrected chi connectivity index (χ3v) is 6.52. The molecule has 0 spiro atoms. The van der Waals surface area contributed by atoms with Gasteiger partial charge >= 0.3 is 5.97 Å². The van der Waals surface area contributed by atoms with Gasteiger partial charge in [-0.3, -0.25) is 19.3 Å². The summed E-state index contributed by atoms with van der Waals surface area (Å²) in [5, 5.41) is 2.44. The van der Waals surface area contributed by atoms with Crippen LogP contribution in [0.25, 0.3) is 6.08 Å². The van der Waals surface area contributed by atoms with Crippen molar-refractivity contribution in [3.63, 3.8) is 0 Å². The summed E-state index contributed by atoms with van der Waals surface area (Å²) in [6.07, 6.45) is 2.14. The Morgan fingerprint density at radius 3 is 2.45 bits per heavy atom. The molecule has 0 radical (unpaired) electrons. The topological polar surface area (TPSA) is 111 Å². The van der Waals surface area contributed by atoms with Crippen molar-refractivity contribution in [1.82, 2.24) is 4.90 Å². The molecular weight excluding hydrogens is 555 g/mol. The van der Waals surface area contributed by atoms with Crippen molar-refractivity contribution >= 4 is 69.8 Å². The Labute approximate surface area is 234 Å². The van der Waals surface area contributed by atoms with Gasteiger partial charge in [0.25, 0.3) is 11.1 Å². The van der Waals surface area contributed by atoms with Gasteiger partial charge in [-0.1, -0.05) is 30.1 Å². The molecule has 2 aromatic carbocycles. The van der Waals surface area contributed by atoms with Crippen LogP contribution in [0.3, 0.4) is 0 Å². The lowest BCUT2D eigenvalue weighted by molar-refractivity contribution is -0.127. The Bertz CT molecular complexity index is 1280. The maximum absolute atomic E-state index is 12.9. The monoisotopic (exact) mass is 580 g/mol. The number of amides is 3. The SMILES string of the molecule is CCCOC(=O)c1cc(NC(=O)CN2C(=O)S/C(=C/c3cc(Cl)c(OCC)c(OCC)c3)C2=O)ccc1Cl. The fraction of sp³-hybridized carbons (Fsp3) is 0.308. The van der Waals surface area contributed by atoms with Crippen molar-refractivity contribution in [3.8, 4) is 11.5 Å². The van der Waals surface area contributed by atoms with Crippen LogP contribution in [0.5, 0.6) is 11.5 Å². The minimum Gasteiger partial charge on any atom is -0.490 e. The number of nitrogens with zero attached hydrogens (tertiary/aromatic N) is 1. The first kappa shape index (κ1) is 29.3. The first-order chi connectivity index (χ1) is 18.2. The highest BCUT2D eigenvalue weighted by molar-refractivity contribution is 8.18. The summed E-state index contributed by atoms with van der Waals surface area (Å²) < 4.78 is 16.2. The number of nitrogens with one attached hydrogen (secondary N) is 1. The largest absolute Gasteiger partial charge is 0.490 e. The fourth-order valence-electron chi connectivity index (χ4n) is 3.38.